The highest BCUT2D eigenvalue weighted by atomic mass is 15.5. The summed E-state index contributed by atoms with van der Waals surface area (Å²) in [5.41, 5.74) is 4.57. The third kappa shape index (κ3) is 2.47. The van der Waals surface area contributed by atoms with Crippen LogP contribution in [0.4, 0.5) is 5.69 Å². The van der Waals surface area contributed by atoms with Crippen molar-refractivity contribution in [3.05, 3.63) is 30.3 Å². The minimum absolute atomic E-state index is 0.569. The Morgan fingerprint density at radius 2 is 2.14 bits per heavy atom. The monoisotopic (exact) mass is 191 g/mol. The molecule has 1 aromatic carbocycles. The number of rotatable bonds is 2. The van der Waals surface area contributed by atoms with Crippen LogP contribution in [-0.4, -0.2) is 30.7 Å². The Morgan fingerprint density at radius 3 is 2.86 bits per heavy atom. The highest BCUT2D eigenvalue weighted by Gasteiger charge is 2.14. The lowest BCUT2D eigenvalue weighted by molar-refractivity contribution is 0.245. The fraction of sp³-hybridized carbons (Fsp3) is 0.455. The molecule has 0 saturated carbocycles. The summed E-state index contributed by atoms with van der Waals surface area (Å²) in [6.07, 6.45) is 0. The van der Waals surface area contributed by atoms with Crippen molar-refractivity contribution in [2.75, 3.05) is 25.1 Å². The summed E-state index contributed by atoms with van der Waals surface area (Å²) < 4.78 is 0. The third-order valence-corrected chi connectivity index (χ3v) is 2.43. The number of nitrogens with zero attached hydrogens (tertiary/aromatic N) is 1. The van der Waals surface area contributed by atoms with Gasteiger partial charge in [-0.3, -0.25) is 0 Å². The predicted molar refractivity (Wildman–Crippen MR) is 59.1 cm³/mol. The molecule has 1 aliphatic heterocycles. The van der Waals surface area contributed by atoms with Gasteiger partial charge in [0.15, 0.2) is 0 Å². The van der Waals surface area contributed by atoms with E-state index in [0.717, 1.165) is 19.6 Å². The minimum atomic E-state index is 0.569. The molecule has 76 valence electrons. The van der Waals surface area contributed by atoms with Gasteiger partial charge in [0.1, 0.15) is 0 Å². The van der Waals surface area contributed by atoms with Crippen molar-refractivity contribution in [3.8, 4) is 0 Å². The Labute approximate surface area is 85.1 Å². The number of benzene rings is 1. The van der Waals surface area contributed by atoms with Crippen molar-refractivity contribution in [2.45, 2.75) is 13.0 Å². The minimum Gasteiger partial charge on any atom is -0.319 e. The van der Waals surface area contributed by atoms with Gasteiger partial charge in [0.05, 0.1) is 0 Å². The highest BCUT2D eigenvalue weighted by Crippen LogP contribution is 2.08. The maximum Gasteiger partial charge on any atom is 0.0490 e. The van der Waals surface area contributed by atoms with Gasteiger partial charge in [-0.25, -0.2) is 5.01 Å². The van der Waals surface area contributed by atoms with Crippen LogP contribution < -0.4 is 10.7 Å². The first-order valence-corrected chi connectivity index (χ1v) is 5.14. The van der Waals surface area contributed by atoms with Gasteiger partial charge < -0.3 is 10.7 Å². The maximum absolute atomic E-state index is 3.42. The van der Waals surface area contributed by atoms with Crippen LogP contribution >= 0.6 is 0 Å². The molecule has 0 spiro atoms. The summed E-state index contributed by atoms with van der Waals surface area (Å²) in [6.45, 7) is 5.37. The standard InChI is InChI=1S/C11H17N3/c1-10-9-14(8-7-12-10)13-11-5-3-2-4-6-11/h2-6,10,12-13H,7-9H2,1H3. The summed E-state index contributed by atoms with van der Waals surface area (Å²) in [5.74, 6) is 0. The number of piperazine rings is 1. The Bertz CT molecular complexity index is 273. The van der Waals surface area contributed by atoms with E-state index in [0.29, 0.717) is 6.04 Å². The molecule has 0 radical (unpaired) electrons. The average Bonchev–Trinajstić information content (AvgIpc) is 2.19. The van der Waals surface area contributed by atoms with Gasteiger partial charge in [-0.15, -0.1) is 0 Å². The molecule has 1 aromatic rings. The summed E-state index contributed by atoms with van der Waals surface area (Å²) in [7, 11) is 0. The number of hydrazine groups is 1. The molecule has 0 aliphatic carbocycles. The molecule has 2 rings (SSSR count). The second-order valence-corrected chi connectivity index (χ2v) is 3.78. The Kier molecular flexibility index (Phi) is 3.01. The number of nitrogens with one attached hydrogen (secondary N) is 2. The van der Waals surface area contributed by atoms with Gasteiger partial charge in [0.2, 0.25) is 0 Å². The molecule has 1 saturated heterocycles. The first kappa shape index (κ1) is 9.49. The molecule has 1 atom stereocenters. The highest BCUT2D eigenvalue weighted by molar-refractivity contribution is 5.41. The molecule has 1 unspecified atom stereocenters. The Hall–Kier alpha value is -1.06. The largest absolute Gasteiger partial charge is 0.319 e. The molecule has 0 bridgehead atoms. The third-order valence-electron chi connectivity index (χ3n) is 2.43. The SMILES string of the molecule is CC1CN(Nc2ccccc2)CCN1. The fourth-order valence-corrected chi connectivity index (χ4v) is 1.73. The van der Waals surface area contributed by atoms with E-state index >= 15 is 0 Å². The van der Waals surface area contributed by atoms with Gasteiger partial charge in [-0.1, -0.05) is 18.2 Å². The molecule has 3 heteroatoms. The molecule has 1 aliphatic rings. The van der Waals surface area contributed by atoms with E-state index in [1.165, 1.54) is 5.69 Å². The van der Waals surface area contributed by atoms with Crippen LogP contribution in [-0.2, 0) is 0 Å². The zero-order chi connectivity index (χ0) is 9.80. The molecule has 2 N–H and O–H groups in total. The first-order valence-electron chi connectivity index (χ1n) is 5.14. The van der Waals surface area contributed by atoms with E-state index in [-0.39, 0.29) is 0 Å². The summed E-state index contributed by atoms with van der Waals surface area (Å²) >= 11 is 0. The van der Waals surface area contributed by atoms with Crippen LogP contribution in [0.25, 0.3) is 0 Å². The summed E-state index contributed by atoms with van der Waals surface area (Å²) in [6, 6.07) is 10.9. The van der Waals surface area contributed by atoms with Crippen molar-refractivity contribution in [1.29, 1.82) is 0 Å². The second-order valence-electron chi connectivity index (χ2n) is 3.78. The van der Waals surface area contributed by atoms with E-state index < -0.39 is 0 Å². The Morgan fingerprint density at radius 1 is 1.36 bits per heavy atom. The normalized spacial score (nSPS) is 23.4. The van der Waals surface area contributed by atoms with Crippen LogP contribution in [0.1, 0.15) is 6.92 Å². The van der Waals surface area contributed by atoms with Gasteiger partial charge in [-0.2, -0.15) is 0 Å². The van der Waals surface area contributed by atoms with E-state index in [4.69, 9.17) is 0 Å². The zero-order valence-electron chi connectivity index (χ0n) is 8.53. The average molecular weight is 191 g/mol. The molecule has 14 heavy (non-hydrogen) atoms. The lowest BCUT2D eigenvalue weighted by Gasteiger charge is -2.32. The van der Waals surface area contributed by atoms with Gasteiger partial charge in [0.25, 0.3) is 0 Å². The van der Waals surface area contributed by atoms with Crippen LogP contribution in [0.3, 0.4) is 0 Å². The van der Waals surface area contributed by atoms with Gasteiger partial charge >= 0.3 is 0 Å². The van der Waals surface area contributed by atoms with Crippen molar-refractivity contribution < 1.29 is 0 Å². The number of hydrogen-bond acceptors (Lipinski definition) is 3. The molecular formula is C11H17N3. The van der Waals surface area contributed by atoms with Crippen molar-refractivity contribution in [2.24, 2.45) is 0 Å². The summed E-state index contributed by atoms with van der Waals surface area (Å²) in [5, 5.41) is 5.68. The van der Waals surface area contributed by atoms with E-state index in [1.54, 1.807) is 0 Å². The van der Waals surface area contributed by atoms with Crippen LogP contribution in [0.15, 0.2) is 30.3 Å². The fourth-order valence-electron chi connectivity index (χ4n) is 1.73. The Balaban J connectivity index is 1.91. The molecular weight excluding hydrogens is 174 g/mol. The van der Waals surface area contributed by atoms with E-state index in [2.05, 4.69) is 34.8 Å². The van der Waals surface area contributed by atoms with Gasteiger partial charge in [-0.05, 0) is 19.1 Å². The summed E-state index contributed by atoms with van der Waals surface area (Å²) in [4.78, 5) is 0. The van der Waals surface area contributed by atoms with Crippen molar-refractivity contribution in [1.82, 2.24) is 10.3 Å². The molecule has 1 heterocycles. The molecule has 0 aromatic heterocycles. The molecule has 0 amide bonds. The topological polar surface area (TPSA) is 27.3 Å². The number of para-hydroxylation sites is 1. The predicted octanol–water partition coefficient (Wildman–Crippen LogP) is 1.31. The van der Waals surface area contributed by atoms with Crippen LogP contribution in [0.5, 0.6) is 0 Å². The zero-order valence-corrected chi connectivity index (χ0v) is 8.53. The maximum atomic E-state index is 3.42. The van der Waals surface area contributed by atoms with Gasteiger partial charge in [0, 0.05) is 31.4 Å². The van der Waals surface area contributed by atoms with Crippen LogP contribution in [0.2, 0.25) is 0 Å². The van der Waals surface area contributed by atoms with E-state index in [9.17, 15) is 0 Å². The smallest absolute Gasteiger partial charge is 0.0490 e. The number of hydrogen-bond donors (Lipinski definition) is 2. The van der Waals surface area contributed by atoms with E-state index in [1.807, 2.05) is 18.2 Å². The number of anilines is 1. The van der Waals surface area contributed by atoms with Crippen molar-refractivity contribution in [3.63, 3.8) is 0 Å². The van der Waals surface area contributed by atoms with Crippen molar-refractivity contribution >= 4 is 5.69 Å². The van der Waals surface area contributed by atoms with Crippen LogP contribution in [0, 0.1) is 0 Å². The first-order chi connectivity index (χ1) is 6.84. The lowest BCUT2D eigenvalue weighted by atomic mass is 10.2. The molecule has 3 nitrogen and oxygen atoms in total. The molecule has 1 fully saturated rings. The quantitative estimate of drug-likeness (QED) is 0.738. The second kappa shape index (κ2) is 4.44. The lowest BCUT2D eigenvalue weighted by Crippen LogP contribution is -2.51.